The molecule has 0 atom stereocenters. The molecule has 4 nitrogen and oxygen atoms in total. The van der Waals surface area contributed by atoms with Crippen LogP contribution in [-0.4, -0.2) is 15.6 Å². The van der Waals surface area contributed by atoms with Crippen molar-refractivity contribution in [1.82, 2.24) is 4.57 Å². The quantitative estimate of drug-likeness (QED) is 0.909. The van der Waals surface area contributed by atoms with Crippen LogP contribution in [-0.2, 0) is 13.2 Å². The van der Waals surface area contributed by atoms with Crippen LogP contribution in [0.15, 0.2) is 41.0 Å². The summed E-state index contributed by atoms with van der Waals surface area (Å²) >= 11 is 3.36. The molecule has 0 aliphatic rings. The van der Waals surface area contributed by atoms with E-state index in [4.69, 9.17) is 0 Å². The van der Waals surface area contributed by atoms with Gasteiger partial charge in [-0.2, -0.15) is 0 Å². The number of nitrogens with one attached hydrogen (secondary N) is 1. The van der Waals surface area contributed by atoms with Gasteiger partial charge < -0.3 is 15.0 Å². The van der Waals surface area contributed by atoms with Crippen molar-refractivity contribution in [3.8, 4) is 0 Å². The summed E-state index contributed by atoms with van der Waals surface area (Å²) in [5, 5.41) is 12.1. The molecule has 1 aromatic heterocycles. The van der Waals surface area contributed by atoms with Crippen LogP contribution in [0.5, 0.6) is 0 Å². The molecule has 0 aliphatic carbocycles. The summed E-state index contributed by atoms with van der Waals surface area (Å²) in [5.74, 6) is -0.187. The molecular formula is C14H15BrN2O2. The van der Waals surface area contributed by atoms with Gasteiger partial charge in [-0.15, -0.1) is 0 Å². The minimum absolute atomic E-state index is 0.102. The molecular weight excluding hydrogens is 308 g/mol. The van der Waals surface area contributed by atoms with Gasteiger partial charge in [-0.3, -0.25) is 4.79 Å². The van der Waals surface area contributed by atoms with Crippen LogP contribution in [0.1, 0.15) is 23.0 Å². The van der Waals surface area contributed by atoms with Gasteiger partial charge in [-0.05, 0) is 35.0 Å². The lowest BCUT2D eigenvalue weighted by atomic mass is 10.2. The first-order valence-electron chi connectivity index (χ1n) is 6.01. The van der Waals surface area contributed by atoms with Gasteiger partial charge in [0.2, 0.25) is 0 Å². The molecule has 5 heteroatoms. The number of aliphatic hydroxyl groups excluding tert-OH is 1. The number of halogens is 1. The topological polar surface area (TPSA) is 54.3 Å². The second-order valence-corrected chi connectivity index (χ2v) is 5.01. The number of aromatic nitrogens is 1. The number of hydrogen-bond donors (Lipinski definition) is 2. The summed E-state index contributed by atoms with van der Waals surface area (Å²) < 4.78 is 2.73. The second-order valence-electron chi connectivity index (χ2n) is 4.10. The molecule has 1 aromatic carbocycles. The molecule has 1 heterocycles. The van der Waals surface area contributed by atoms with Crippen molar-refractivity contribution in [3.63, 3.8) is 0 Å². The maximum absolute atomic E-state index is 12.2. The third-order valence-electron chi connectivity index (χ3n) is 2.87. The van der Waals surface area contributed by atoms with Gasteiger partial charge in [0, 0.05) is 28.5 Å². The SMILES string of the molecule is CCn1cc(Br)cc1C(=O)Nc1ccccc1CO. The number of carbonyl (C=O) groups excluding carboxylic acids is 1. The zero-order valence-corrected chi connectivity index (χ0v) is 12.1. The molecule has 0 radical (unpaired) electrons. The molecule has 2 aromatic rings. The monoisotopic (exact) mass is 322 g/mol. The summed E-state index contributed by atoms with van der Waals surface area (Å²) in [5.41, 5.74) is 1.92. The molecule has 1 amide bonds. The Balaban J connectivity index is 2.25. The van der Waals surface area contributed by atoms with Crippen LogP contribution in [0.25, 0.3) is 0 Å². The number of anilines is 1. The van der Waals surface area contributed by atoms with Crippen LogP contribution < -0.4 is 5.32 Å². The van der Waals surface area contributed by atoms with Gasteiger partial charge >= 0.3 is 0 Å². The van der Waals surface area contributed by atoms with E-state index in [1.54, 1.807) is 18.2 Å². The molecule has 0 saturated carbocycles. The summed E-state index contributed by atoms with van der Waals surface area (Å²) in [6.07, 6.45) is 1.87. The smallest absolute Gasteiger partial charge is 0.272 e. The van der Waals surface area contributed by atoms with Crippen molar-refractivity contribution in [3.05, 3.63) is 52.3 Å². The summed E-state index contributed by atoms with van der Waals surface area (Å²) in [6.45, 7) is 2.59. The van der Waals surface area contributed by atoms with Crippen LogP contribution >= 0.6 is 15.9 Å². The maximum atomic E-state index is 12.2. The fourth-order valence-corrected chi connectivity index (χ4v) is 2.36. The van der Waals surface area contributed by atoms with Crippen LogP contribution in [0.4, 0.5) is 5.69 Å². The lowest BCUT2D eigenvalue weighted by Gasteiger charge is -2.10. The van der Waals surface area contributed by atoms with Gasteiger partial charge in [0.05, 0.1) is 6.61 Å². The number of amides is 1. The fraction of sp³-hybridized carbons (Fsp3) is 0.214. The number of para-hydroxylation sites is 1. The molecule has 2 rings (SSSR count). The Morgan fingerprint density at radius 1 is 1.42 bits per heavy atom. The Bertz CT molecular complexity index is 593. The van der Waals surface area contributed by atoms with Crippen molar-refractivity contribution in [2.75, 3.05) is 5.32 Å². The van der Waals surface area contributed by atoms with E-state index in [0.29, 0.717) is 16.9 Å². The Morgan fingerprint density at radius 2 is 2.16 bits per heavy atom. The van der Waals surface area contributed by atoms with Gasteiger partial charge in [0.1, 0.15) is 5.69 Å². The molecule has 0 bridgehead atoms. The van der Waals surface area contributed by atoms with Crippen molar-refractivity contribution < 1.29 is 9.90 Å². The highest BCUT2D eigenvalue weighted by Gasteiger charge is 2.13. The molecule has 0 saturated heterocycles. The van der Waals surface area contributed by atoms with Crippen molar-refractivity contribution in [2.24, 2.45) is 0 Å². The standard InChI is InChI=1S/C14H15BrN2O2/c1-2-17-8-11(15)7-13(17)14(19)16-12-6-4-3-5-10(12)9-18/h3-8,18H,2,9H2,1H3,(H,16,19). The minimum Gasteiger partial charge on any atom is -0.392 e. The van der Waals surface area contributed by atoms with Crippen LogP contribution in [0.3, 0.4) is 0 Å². The number of aryl methyl sites for hydroxylation is 1. The largest absolute Gasteiger partial charge is 0.392 e. The number of rotatable bonds is 4. The Kier molecular flexibility index (Phi) is 4.39. The number of hydrogen-bond acceptors (Lipinski definition) is 2. The first kappa shape index (κ1) is 13.8. The molecule has 0 unspecified atom stereocenters. The van der Waals surface area contributed by atoms with E-state index in [-0.39, 0.29) is 12.5 Å². The Labute approximate surface area is 120 Å². The van der Waals surface area contributed by atoms with Crippen molar-refractivity contribution in [1.29, 1.82) is 0 Å². The summed E-state index contributed by atoms with van der Waals surface area (Å²) in [6, 6.07) is 8.98. The van der Waals surface area contributed by atoms with E-state index in [0.717, 1.165) is 11.0 Å². The molecule has 100 valence electrons. The second kappa shape index (κ2) is 6.04. The predicted molar refractivity (Wildman–Crippen MR) is 78.1 cm³/mol. The van der Waals surface area contributed by atoms with E-state index < -0.39 is 0 Å². The van der Waals surface area contributed by atoms with Gasteiger partial charge in [0.15, 0.2) is 0 Å². The summed E-state index contributed by atoms with van der Waals surface area (Å²) in [7, 11) is 0. The number of benzene rings is 1. The van der Waals surface area contributed by atoms with Gasteiger partial charge in [-0.25, -0.2) is 0 Å². The fourth-order valence-electron chi connectivity index (χ4n) is 1.89. The normalized spacial score (nSPS) is 10.5. The molecule has 0 aliphatic heterocycles. The van der Waals surface area contributed by atoms with E-state index >= 15 is 0 Å². The minimum atomic E-state index is -0.187. The molecule has 2 N–H and O–H groups in total. The third-order valence-corrected chi connectivity index (χ3v) is 3.31. The predicted octanol–water partition coefficient (Wildman–Crippen LogP) is 3.02. The lowest BCUT2D eigenvalue weighted by molar-refractivity contribution is 0.101. The average molecular weight is 323 g/mol. The van der Waals surface area contributed by atoms with Gasteiger partial charge in [-0.1, -0.05) is 18.2 Å². The van der Waals surface area contributed by atoms with Crippen LogP contribution in [0, 0.1) is 0 Å². The summed E-state index contributed by atoms with van der Waals surface area (Å²) in [4.78, 5) is 12.2. The first-order chi connectivity index (χ1) is 9.15. The van der Waals surface area contributed by atoms with Crippen molar-refractivity contribution >= 4 is 27.5 Å². The number of carbonyl (C=O) groups is 1. The lowest BCUT2D eigenvalue weighted by Crippen LogP contribution is -2.17. The zero-order chi connectivity index (χ0) is 13.8. The first-order valence-corrected chi connectivity index (χ1v) is 6.80. The third kappa shape index (κ3) is 3.05. The average Bonchev–Trinajstić information content (AvgIpc) is 2.80. The van der Waals surface area contributed by atoms with Crippen LogP contribution in [0.2, 0.25) is 0 Å². The zero-order valence-electron chi connectivity index (χ0n) is 10.6. The molecule has 19 heavy (non-hydrogen) atoms. The Hall–Kier alpha value is -1.59. The molecule has 0 spiro atoms. The van der Waals surface area contributed by atoms with E-state index in [9.17, 15) is 9.90 Å². The van der Waals surface area contributed by atoms with Crippen molar-refractivity contribution in [2.45, 2.75) is 20.1 Å². The highest BCUT2D eigenvalue weighted by atomic mass is 79.9. The van der Waals surface area contributed by atoms with E-state index in [1.807, 2.05) is 29.8 Å². The number of nitrogens with zero attached hydrogens (tertiary/aromatic N) is 1. The highest BCUT2D eigenvalue weighted by molar-refractivity contribution is 9.10. The van der Waals surface area contributed by atoms with E-state index in [2.05, 4.69) is 21.2 Å². The maximum Gasteiger partial charge on any atom is 0.272 e. The van der Waals surface area contributed by atoms with Gasteiger partial charge in [0.25, 0.3) is 5.91 Å². The highest BCUT2D eigenvalue weighted by Crippen LogP contribution is 2.19. The molecule has 0 fully saturated rings. The number of aliphatic hydroxyl groups is 1. The Morgan fingerprint density at radius 3 is 2.84 bits per heavy atom. The van der Waals surface area contributed by atoms with E-state index in [1.165, 1.54) is 0 Å².